The molecule has 5 rings (SSSR count). The minimum Gasteiger partial charge on any atom is -0.337 e. The molecule has 5 heteroatoms. The highest BCUT2D eigenvalue weighted by atomic mass is 79.9. The highest BCUT2D eigenvalue weighted by Crippen LogP contribution is 2.49. The van der Waals surface area contributed by atoms with Gasteiger partial charge in [0.15, 0.2) is 0 Å². The lowest BCUT2D eigenvalue weighted by atomic mass is 9.79. The largest absolute Gasteiger partial charge is 0.337 e. The van der Waals surface area contributed by atoms with Crippen molar-refractivity contribution in [3.63, 3.8) is 0 Å². The van der Waals surface area contributed by atoms with Gasteiger partial charge in [0.2, 0.25) is 5.91 Å². The molecule has 2 aliphatic rings. The van der Waals surface area contributed by atoms with Gasteiger partial charge in [-0.05, 0) is 56.4 Å². The van der Waals surface area contributed by atoms with Gasteiger partial charge in [-0.2, -0.15) is 0 Å². The molecular weight excluding hydrogens is 438 g/mol. The van der Waals surface area contributed by atoms with Crippen LogP contribution in [-0.2, 0) is 10.3 Å². The number of hydrogen-bond acceptors (Lipinski definition) is 2. The van der Waals surface area contributed by atoms with E-state index >= 15 is 0 Å². The van der Waals surface area contributed by atoms with Crippen molar-refractivity contribution < 1.29 is 4.79 Å². The Balaban J connectivity index is 1.59. The molecule has 3 unspecified atom stereocenters. The van der Waals surface area contributed by atoms with Gasteiger partial charge in [0.1, 0.15) is 5.82 Å². The second kappa shape index (κ2) is 7.38. The molecule has 0 saturated carbocycles. The van der Waals surface area contributed by atoms with Gasteiger partial charge in [-0.3, -0.25) is 4.79 Å². The zero-order valence-corrected chi connectivity index (χ0v) is 19.0. The van der Waals surface area contributed by atoms with Crippen molar-refractivity contribution in [1.29, 1.82) is 0 Å². The average Bonchev–Trinajstić information content (AvgIpc) is 3.42. The predicted molar refractivity (Wildman–Crippen MR) is 122 cm³/mol. The van der Waals surface area contributed by atoms with Crippen LogP contribution in [0.2, 0.25) is 0 Å². The van der Waals surface area contributed by atoms with Crippen molar-refractivity contribution in [2.75, 3.05) is 0 Å². The van der Waals surface area contributed by atoms with Gasteiger partial charge in [-0.25, -0.2) is 4.98 Å². The van der Waals surface area contributed by atoms with Crippen LogP contribution in [0.25, 0.3) is 11.4 Å². The van der Waals surface area contributed by atoms with Crippen LogP contribution < -0.4 is 0 Å². The monoisotopic (exact) mass is 463 g/mol. The summed E-state index contributed by atoms with van der Waals surface area (Å²) >= 11 is 3.57. The summed E-state index contributed by atoms with van der Waals surface area (Å²) in [5, 5.41) is 0. The number of aromatic nitrogens is 2. The third-order valence-corrected chi connectivity index (χ3v) is 7.46. The molecule has 1 amide bonds. The van der Waals surface area contributed by atoms with E-state index in [1.807, 2.05) is 6.20 Å². The summed E-state index contributed by atoms with van der Waals surface area (Å²) in [5.41, 5.74) is 3.14. The van der Waals surface area contributed by atoms with Crippen molar-refractivity contribution in [1.82, 2.24) is 14.5 Å². The fourth-order valence-corrected chi connectivity index (χ4v) is 5.77. The van der Waals surface area contributed by atoms with Crippen LogP contribution in [0.15, 0.2) is 65.4 Å². The van der Waals surface area contributed by atoms with Crippen LogP contribution in [0.3, 0.4) is 0 Å². The van der Waals surface area contributed by atoms with Gasteiger partial charge < -0.3 is 9.47 Å². The molecule has 3 aromatic rings. The molecule has 1 saturated heterocycles. The summed E-state index contributed by atoms with van der Waals surface area (Å²) in [6.45, 7) is 4.34. The number of nitrogens with zero attached hydrogens (tertiary/aromatic N) is 3. The van der Waals surface area contributed by atoms with Crippen molar-refractivity contribution in [2.45, 2.75) is 57.2 Å². The molecule has 30 heavy (non-hydrogen) atoms. The fourth-order valence-electron chi connectivity index (χ4n) is 5.50. The Morgan fingerprint density at radius 3 is 2.53 bits per heavy atom. The molecule has 0 N–H and O–H groups in total. The maximum Gasteiger partial charge on any atom is 0.223 e. The smallest absolute Gasteiger partial charge is 0.223 e. The number of hydrogen-bond donors (Lipinski definition) is 0. The first-order chi connectivity index (χ1) is 14.5. The minimum absolute atomic E-state index is 0.259. The molecule has 154 valence electrons. The molecule has 3 atom stereocenters. The molecule has 2 aliphatic heterocycles. The highest BCUT2D eigenvalue weighted by molar-refractivity contribution is 9.10. The third kappa shape index (κ3) is 2.86. The van der Waals surface area contributed by atoms with Crippen LogP contribution in [0.5, 0.6) is 0 Å². The van der Waals surface area contributed by atoms with E-state index in [0.29, 0.717) is 24.9 Å². The zero-order valence-electron chi connectivity index (χ0n) is 17.4. The summed E-state index contributed by atoms with van der Waals surface area (Å²) in [7, 11) is 0. The zero-order chi connectivity index (χ0) is 20.9. The second-order valence-corrected chi connectivity index (χ2v) is 9.53. The normalized spacial score (nSPS) is 24.7. The van der Waals surface area contributed by atoms with Crippen molar-refractivity contribution in [3.8, 4) is 11.4 Å². The SMILES string of the molecule is CC1CCC(C)N1C(=O)CCC1(c2ccc(Br)cc2)c2ccccc2-c2nccn21. The summed E-state index contributed by atoms with van der Waals surface area (Å²) < 4.78 is 3.32. The topological polar surface area (TPSA) is 38.1 Å². The lowest BCUT2D eigenvalue weighted by molar-refractivity contribution is -0.133. The number of benzene rings is 2. The Labute approximate surface area is 186 Å². The Bertz CT molecular complexity index is 1080. The van der Waals surface area contributed by atoms with Crippen LogP contribution in [0.1, 0.15) is 50.7 Å². The molecule has 0 aliphatic carbocycles. The molecule has 1 aromatic heterocycles. The highest BCUT2D eigenvalue weighted by Gasteiger charge is 2.45. The first-order valence-corrected chi connectivity index (χ1v) is 11.5. The Hall–Kier alpha value is -2.40. The molecule has 3 heterocycles. The van der Waals surface area contributed by atoms with Gasteiger partial charge >= 0.3 is 0 Å². The molecule has 1 fully saturated rings. The second-order valence-electron chi connectivity index (χ2n) is 8.61. The molecular formula is C25H26BrN3O. The number of carbonyl (C=O) groups excluding carboxylic acids is 1. The number of amides is 1. The number of halogens is 1. The van der Waals surface area contributed by atoms with Crippen molar-refractivity contribution >= 4 is 21.8 Å². The van der Waals surface area contributed by atoms with E-state index in [0.717, 1.165) is 28.7 Å². The van der Waals surface area contributed by atoms with Gasteiger partial charge in [-0.15, -0.1) is 0 Å². The van der Waals surface area contributed by atoms with E-state index in [1.54, 1.807) is 0 Å². The first kappa shape index (κ1) is 19.6. The standard InChI is InChI=1S/C25H26BrN3O/c1-17-7-8-18(2)29(17)23(30)13-14-25(19-9-11-20(26)12-10-19)22-6-4-3-5-21(22)24-27-15-16-28(24)25/h3-6,9-12,15-18H,7-8,13-14H2,1-2H3. The molecule has 0 radical (unpaired) electrons. The van der Waals surface area contributed by atoms with Crippen LogP contribution in [0.4, 0.5) is 0 Å². The van der Waals surface area contributed by atoms with Crippen molar-refractivity contribution in [3.05, 3.63) is 76.5 Å². The number of rotatable bonds is 4. The van der Waals surface area contributed by atoms with E-state index in [4.69, 9.17) is 0 Å². The van der Waals surface area contributed by atoms with Gasteiger partial charge in [0, 0.05) is 40.9 Å². The Kier molecular flexibility index (Phi) is 4.81. The fraction of sp³-hybridized carbons (Fsp3) is 0.360. The lowest BCUT2D eigenvalue weighted by Gasteiger charge is -2.35. The predicted octanol–water partition coefficient (Wildman–Crippen LogP) is 5.60. The maximum atomic E-state index is 13.3. The number of fused-ring (bicyclic) bond motifs is 3. The molecule has 0 bridgehead atoms. The van der Waals surface area contributed by atoms with Gasteiger partial charge in [0.25, 0.3) is 0 Å². The lowest BCUT2D eigenvalue weighted by Crippen LogP contribution is -2.40. The third-order valence-electron chi connectivity index (χ3n) is 6.93. The summed E-state index contributed by atoms with van der Waals surface area (Å²) in [6, 6.07) is 17.6. The summed E-state index contributed by atoms with van der Waals surface area (Å²) in [6.07, 6.45) is 7.34. The molecule has 4 nitrogen and oxygen atoms in total. The minimum atomic E-state index is -0.426. The van der Waals surface area contributed by atoms with E-state index in [-0.39, 0.29) is 5.91 Å². The average molecular weight is 464 g/mol. The van der Waals surface area contributed by atoms with Gasteiger partial charge in [-0.1, -0.05) is 52.3 Å². The first-order valence-electron chi connectivity index (χ1n) is 10.7. The van der Waals surface area contributed by atoms with E-state index in [2.05, 4.69) is 99.0 Å². The van der Waals surface area contributed by atoms with Crippen molar-refractivity contribution in [2.24, 2.45) is 0 Å². The van der Waals surface area contributed by atoms with Gasteiger partial charge in [0.05, 0.1) is 5.54 Å². The van der Waals surface area contributed by atoms with E-state index in [1.165, 1.54) is 11.1 Å². The maximum absolute atomic E-state index is 13.3. The van der Waals surface area contributed by atoms with E-state index < -0.39 is 5.54 Å². The van der Waals surface area contributed by atoms with Crippen LogP contribution in [-0.4, -0.2) is 32.4 Å². The Morgan fingerprint density at radius 2 is 1.80 bits per heavy atom. The molecule has 2 aromatic carbocycles. The number of imidazole rings is 1. The number of likely N-dealkylation sites (tertiary alicyclic amines) is 1. The summed E-state index contributed by atoms with van der Waals surface area (Å²) in [5.74, 6) is 1.24. The van der Waals surface area contributed by atoms with Crippen LogP contribution >= 0.6 is 15.9 Å². The summed E-state index contributed by atoms with van der Waals surface area (Å²) in [4.78, 5) is 20.1. The number of carbonyl (C=O) groups is 1. The Morgan fingerprint density at radius 1 is 1.10 bits per heavy atom. The van der Waals surface area contributed by atoms with E-state index in [9.17, 15) is 4.79 Å². The quantitative estimate of drug-likeness (QED) is 0.504. The van der Waals surface area contributed by atoms with Crippen LogP contribution in [0, 0.1) is 0 Å². The molecule has 0 spiro atoms.